The summed E-state index contributed by atoms with van der Waals surface area (Å²) < 4.78 is 5.55. The van der Waals surface area contributed by atoms with Crippen molar-refractivity contribution in [1.29, 1.82) is 0 Å². The monoisotopic (exact) mass is 414 g/mol. The zero-order chi connectivity index (χ0) is 20.7. The molecular formula is C25H19ClN2O2. The zero-order valence-electron chi connectivity index (χ0n) is 16.4. The molecule has 0 saturated carbocycles. The molecule has 0 aliphatic carbocycles. The van der Waals surface area contributed by atoms with Crippen LogP contribution in [0.1, 0.15) is 29.2 Å². The quantitative estimate of drug-likeness (QED) is 0.380. The highest BCUT2D eigenvalue weighted by molar-refractivity contribution is 6.30. The van der Waals surface area contributed by atoms with Crippen molar-refractivity contribution >= 4 is 34.0 Å². The van der Waals surface area contributed by atoms with E-state index < -0.39 is 0 Å². The lowest BCUT2D eigenvalue weighted by atomic mass is 9.98. The van der Waals surface area contributed by atoms with E-state index in [1.807, 2.05) is 65.7 Å². The van der Waals surface area contributed by atoms with Crippen LogP contribution in [0.15, 0.2) is 93.2 Å². The molecule has 0 radical (unpaired) electrons. The standard InChI is InChI=1S/C25H19ClN2O2/c1-16-6-12-20(13-7-16)28-23(17-8-10-19(26)11-9-17)15-22(27-28)21-14-18-4-2-3-5-24(18)30-25(21)29/h2-14,23H,15H2,1H3. The summed E-state index contributed by atoms with van der Waals surface area (Å²) in [5.74, 6) is 0. The molecule has 0 saturated heterocycles. The summed E-state index contributed by atoms with van der Waals surface area (Å²) in [6, 6.07) is 25.4. The second kappa shape index (κ2) is 7.47. The highest BCUT2D eigenvalue weighted by atomic mass is 35.5. The first-order valence-electron chi connectivity index (χ1n) is 9.80. The summed E-state index contributed by atoms with van der Waals surface area (Å²) in [6.07, 6.45) is 0.596. The fraction of sp³-hybridized carbons (Fsp3) is 0.120. The number of hydrogen-bond acceptors (Lipinski definition) is 4. The number of hydrogen-bond donors (Lipinski definition) is 0. The molecule has 1 aliphatic rings. The van der Waals surface area contributed by atoms with Crippen molar-refractivity contribution in [3.63, 3.8) is 0 Å². The second-order valence-electron chi connectivity index (χ2n) is 7.48. The number of fused-ring (bicyclic) bond motifs is 1. The maximum absolute atomic E-state index is 12.7. The van der Waals surface area contributed by atoms with Crippen molar-refractivity contribution in [2.45, 2.75) is 19.4 Å². The van der Waals surface area contributed by atoms with Crippen LogP contribution in [0, 0.1) is 6.92 Å². The number of benzene rings is 3. The van der Waals surface area contributed by atoms with Gasteiger partial charge in [-0.1, -0.05) is 59.6 Å². The Morgan fingerprint density at radius 3 is 2.50 bits per heavy atom. The minimum atomic E-state index is -0.368. The third-order valence-electron chi connectivity index (χ3n) is 5.42. The van der Waals surface area contributed by atoms with Gasteiger partial charge in [0.05, 0.1) is 23.0 Å². The molecule has 5 rings (SSSR count). The summed E-state index contributed by atoms with van der Waals surface area (Å²) in [5.41, 5.74) is 4.67. The van der Waals surface area contributed by atoms with Gasteiger partial charge in [0.2, 0.25) is 0 Å². The number of halogens is 1. The summed E-state index contributed by atoms with van der Waals surface area (Å²) in [7, 11) is 0. The molecule has 5 heteroatoms. The number of aryl methyl sites for hydroxylation is 1. The van der Waals surface area contributed by atoms with Crippen LogP contribution < -0.4 is 10.6 Å². The maximum atomic E-state index is 12.7. The third kappa shape index (κ3) is 3.40. The van der Waals surface area contributed by atoms with Crippen LogP contribution in [0.2, 0.25) is 5.02 Å². The van der Waals surface area contributed by atoms with E-state index in [-0.39, 0.29) is 11.7 Å². The van der Waals surface area contributed by atoms with E-state index in [0.29, 0.717) is 22.6 Å². The van der Waals surface area contributed by atoms with Crippen LogP contribution in [0.4, 0.5) is 5.69 Å². The number of anilines is 1. The van der Waals surface area contributed by atoms with Crippen molar-refractivity contribution in [2.24, 2.45) is 5.10 Å². The molecular weight excluding hydrogens is 396 g/mol. The van der Waals surface area contributed by atoms with Crippen LogP contribution >= 0.6 is 11.6 Å². The normalized spacial score (nSPS) is 16.1. The Balaban J connectivity index is 1.61. The van der Waals surface area contributed by atoms with Crippen LogP contribution in [0.5, 0.6) is 0 Å². The molecule has 30 heavy (non-hydrogen) atoms. The van der Waals surface area contributed by atoms with Gasteiger partial charge >= 0.3 is 5.63 Å². The summed E-state index contributed by atoms with van der Waals surface area (Å²) >= 11 is 6.09. The van der Waals surface area contributed by atoms with E-state index in [1.54, 1.807) is 6.07 Å². The first-order valence-corrected chi connectivity index (χ1v) is 10.2. The summed E-state index contributed by atoms with van der Waals surface area (Å²) in [4.78, 5) is 12.7. The van der Waals surface area contributed by atoms with E-state index >= 15 is 0 Å². The molecule has 4 nitrogen and oxygen atoms in total. The Kier molecular flexibility index (Phi) is 4.64. The van der Waals surface area contributed by atoms with E-state index in [0.717, 1.165) is 22.3 Å². The first-order chi connectivity index (χ1) is 14.6. The van der Waals surface area contributed by atoms with Crippen molar-refractivity contribution < 1.29 is 4.42 Å². The van der Waals surface area contributed by atoms with E-state index in [4.69, 9.17) is 21.1 Å². The average Bonchev–Trinajstić information content (AvgIpc) is 3.19. The SMILES string of the molecule is Cc1ccc(N2N=C(c3cc4ccccc4oc3=O)CC2c2ccc(Cl)cc2)cc1. The number of rotatable bonds is 3. The maximum Gasteiger partial charge on any atom is 0.345 e. The van der Waals surface area contributed by atoms with Crippen molar-refractivity contribution in [3.05, 3.63) is 111 Å². The van der Waals surface area contributed by atoms with Crippen LogP contribution in [0.3, 0.4) is 0 Å². The molecule has 0 spiro atoms. The molecule has 1 aromatic heterocycles. The number of para-hydroxylation sites is 1. The Bertz CT molecular complexity index is 1310. The van der Waals surface area contributed by atoms with Gasteiger partial charge in [-0.3, -0.25) is 5.01 Å². The van der Waals surface area contributed by atoms with Crippen molar-refractivity contribution in [1.82, 2.24) is 0 Å². The predicted octanol–water partition coefficient (Wildman–Crippen LogP) is 6.11. The smallest absolute Gasteiger partial charge is 0.345 e. The van der Waals surface area contributed by atoms with Crippen LogP contribution in [-0.4, -0.2) is 5.71 Å². The van der Waals surface area contributed by atoms with Gasteiger partial charge in [0.25, 0.3) is 0 Å². The lowest BCUT2D eigenvalue weighted by Crippen LogP contribution is -2.18. The molecule has 4 aromatic rings. The van der Waals surface area contributed by atoms with Gasteiger partial charge in [0, 0.05) is 16.8 Å². The average molecular weight is 415 g/mol. The van der Waals surface area contributed by atoms with Crippen molar-refractivity contribution in [2.75, 3.05) is 5.01 Å². The zero-order valence-corrected chi connectivity index (χ0v) is 17.1. The largest absolute Gasteiger partial charge is 0.422 e. The van der Waals surface area contributed by atoms with Gasteiger partial charge in [0.15, 0.2) is 0 Å². The summed E-state index contributed by atoms with van der Waals surface area (Å²) in [6.45, 7) is 2.05. The topological polar surface area (TPSA) is 45.8 Å². The molecule has 148 valence electrons. The van der Waals surface area contributed by atoms with Crippen LogP contribution in [0.25, 0.3) is 11.0 Å². The van der Waals surface area contributed by atoms with Gasteiger partial charge in [-0.25, -0.2) is 4.79 Å². The highest BCUT2D eigenvalue weighted by Crippen LogP contribution is 2.37. The molecule has 1 unspecified atom stereocenters. The first kappa shape index (κ1) is 18.6. The summed E-state index contributed by atoms with van der Waals surface area (Å²) in [5, 5.41) is 8.41. The van der Waals surface area contributed by atoms with Gasteiger partial charge in [-0.2, -0.15) is 5.10 Å². The molecule has 2 heterocycles. The van der Waals surface area contributed by atoms with Crippen molar-refractivity contribution in [3.8, 4) is 0 Å². The molecule has 0 amide bonds. The van der Waals surface area contributed by atoms with Crippen LogP contribution in [-0.2, 0) is 0 Å². The Morgan fingerprint density at radius 1 is 1.00 bits per heavy atom. The lowest BCUT2D eigenvalue weighted by molar-refractivity contribution is 0.559. The Hall–Kier alpha value is -3.37. The number of hydrazone groups is 1. The minimum Gasteiger partial charge on any atom is -0.422 e. The van der Waals surface area contributed by atoms with Gasteiger partial charge in [-0.05, 0) is 48.9 Å². The molecule has 0 N–H and O–H groups in total. The van der Waals surface area contributed by atoms with Gasteiger partial charge < -0.3 is 4.42 Å². The third-order valence-corrected chi connectivity index (χ3v) is 5.67. The Labute approximate surface area is 179 Å². The molecule has 1 aliphatic heterocycles. The molecule has 3 aromatic carbocycles. The minimum absolute atomic E-state index is 0.0363. The van der Waals surface area contributed by atoms with Gasteiger partial charge in [-0.15, -0.1) is 0 Å². The fourth-order valence-electron chi connectivity index (χ4n) is 3.82. The predicted molar refractivity (Wildman–Crippen MR) is 121 cm³/mol. The van der Waals surface area contributed by atoms with E-state index in [9.17, 15) is 4.79 Å². The molecule has 1 atom stereocenters. The number of nitrogens with zero attached hydrogens (tertiary/aromatic N) is 2. The molecule has 0 bridgehead atoms. The van der Waals surface area contributed by atoms with Gasteiger partial charge in [0.1, 0.15) is 5.58 Å². The Morgan fingerprint density at radius 2 is 1.73 bits per heavy atom. The second-order valence-corrected chi connectivity index (χ2v) is 7.92. The highest BCUT2D eigenvalue weighted by Gasteiger charge is 2.31. The lowest BCUT2D eigenvalue weighted by Gasteiger charge is -2.24. The van der Waals surface area contributed by atoms with E-state index in [1.165, 1.54) is 5.56 Å². The fourth-order valence-corrected chi connectivity index (χ4v) is 3.94. The molecule has 0 fully saturated rings. The van der Waals surface area contributed by atoms with E-state index in [2.05, 4.69) is 19.1 Å².